The van der Waals surface area contributed by atoms with E-state index in [2.05, 4.69) is 45.0 Å². The molecule has 26 heavy (non-hydrogen) atoms. The molecule has 0 saturated carbocycles. The fraction of sp³-hybridized carbons (Fsp3) is 0.652. The third-order valence-electron chi connectivity index (χ3n) is 5.83. The molecule has 1 fully saturated rings. The van der Waals surface area contributed by atoms with Gasteiger partial charge < -0.3 is 0 Å². The quantitative estimate of drug-likeness (QED) is 0.306. The van der Waals surface area contributed by atoms with Crippen LogP contribution in [0, 0.1) is 0 Å². The molecule has 1 heterocycles. The van der Waals surface area contributed by atoms with Crippen LogP contribution in [0.1, 0.15) is 76.7 Å². The fourth-order valence-corrected chi connectivity index (χ4v) is 20.0. The van der Waals surface area contributed by atoms with E-state index in [9.17, 15) is 0 Å². The summed E-state index contributed by atoms with van der Waals surface area (Å²) in [5, 5.41) is 0. The van der Waals surface area contributed by atoms with Gasteiger partial charge in [-0.15, -0.1) is 0 Å². The van der Waals surface area contributed by atoms with Gasteiger partial charge in [0.25, 0.3) is 0 Å². The summed E-state index contributed by atoms with van der Waals surface area (Å²) in [5.41, 5.74) is 2.55. The summed E-state index contributed by atoms with van der Waals surface area (Å²) in [4.78, 5) is 0. The molecular formula is C23H38O2Sn. The van der Waals surface area contributed by atoms with Crippen LogP contribution in [-0.4, -0.2) is 31.6 Å². The van der Waals surface area contributed by atoms with Crippen molar-refractivity contribution in [2.45, 2.75) is 78.9 Å². The maximum absolute atomic E-state index is 5.85. The fourth-order valence-electron chi connectivity index (χ4n) is 4.17. The molecule has 1 saturated heterocycles. The molecule has 1 aliphatic heterocycles. The van der Waals surface area contributed by atoms with Crippen molar-refractivity contribution in [1.82, 2.24) is 0 Å². The van der Waals surface area contributed by atoms with Crippen molar-refractivity contribution in [3.8, 4) is 0 Å². The molecule has 0 radical (unpaired) electrons. The Hall–Kier alpha value is -0.321. The van der Waals surface area contributed by atoms with Crippen molar-refractivity contribution in [1.29, 1.82) is 0 Å². The van der Waals surface area contributed by atoms with Gasteiger partial charge >= 0.3 is 166 Å². The molecule has 0 aromatic heterocycles. The molecule has 3 heteroatoms. The molecule has 2 rings (SSSR count). The normalized spacial score (nSPS) is 15.5. The minimum atomic E-state index is -2.51. The number of ether oxygens (including phenoxy) is 2. The minimum absolute atomic E-state index is 0.199. The van der Waals surface area contributed by atoms with Gasteiger partial charge in [0.2, 0.25) is 0 Å². The second-order valence-corrected chi connectivity index (χ2v) is 21.0. The van der Waals surface area contributed by atoms with Crippen molar-refractivity contribution < 1.29 is 9.47 Å². The standard InChI is InChI=1S/C11H11O2.3C4H9.Sn/c1-2-9-5-3-4-6-10(9)11-12-7-8-13-11;3*1-3-4-2;/h3-6,11H,1,7-8H2;3*1,3-4H2,2H3;. The molecule has 0 bridgehead atoms. The zero-order chi connectivity index (χ0) is 18.8. The Bertz CT molecular complexity index is 527. The summed E-state index contributed by atoms with van der Waals surface area (Å²) in [6, 6.07) is 8.73. The van der Waals surface area contributed by atoms with Crippen LogP contribution in [0.15, 0.2) is 30.8 Å². The van der Waals surface area contributed by atoms with Gasteiger partial charge in [0.05, 0.1) is 0 Å². The Morgan fingerprint density at radius 1 is 0.923 bits per heavy atom. The Balaban J connectivity index is 2.37. The third kappa shape index (κ3) is 5.59. The molecule has 1 aromatic carbocycles. The van der Waals surface area contributed by atoms with Crippen molar-refractivity contribution in [3.63, 3.8) is 0 Å². The Labute approximate surface area is 165 Å². The topological polar surface area (TPSA) is 18.5 Å². The van der Waals surface area contributed by atoms with E-state index in [4.69, 9.17) is 16.1 Å². The van der Waals surface area contributed by atoms with Crippen LogP contribution in [0.5, 0.6) is 0 Å². The number of benzene rings is 1. The van der Waals surface area contributed by atoms with Gasteiger partial charge in [-0.1, -0.05) is 0 Å². The van der Waals surface area contributed by atoms with Crippen LogP contribution in [0.25, 0.3) is 3.59 Å². The van der Waals surface area contributed by atoms with E-state index < -0.39 is 18.4 Å². The van der Waals surface area contributed by atoms with Crippen molar-refractivity contribution in [2.75, 3.05) is 13.2 Å². The van der Waals surface area contributed by atoms with E-state index in [0.717, 1.165) is 0 Å². The Morgan fingerprint density at radius 2 is 1.42 bits per heavy atom. The molecule has 0 N–H and O–H groups in total. The van der Waals surface area contributed by atoms with Crippen LogP contribution in [0.4, 0.5) is 0 Å². The van der Waals surface area contributed by atoms with E-state index >= 15 is 0 Å². The monoisotopic (exact) mass is 466 g/mol. The number of hydrogen-bond acceptors (Lipinski definition) is 2. The van der Waals surface area contributed by atoms with E-state index in [1.807, 2.05) is 0 Å². The molecule has 0 aliphatic carbocycles. The summed E-state index contributed by atoms with van der Waals surface area (Å²) in [5.74, 6) is 0. The van der Waals surface area contributed by atoms with E-state index in [0.29, 0.717) is 13.2 Å². The van der Waals surface area contributed by atoms with Crippen molar-refractivity contribution in [2.24, 2.45) is 0 Å². The van der Waals surface area contributed by atoms with Gasteiger partial charge in [-0.25, -0.2) is 0 Å². The van der Waals surface area contributed by atoms with Crippen molar-refractivity contribution >= 4 is 22.0 Å². The number of unbranched alkanes of at least 4 members (excludes halogenated alkanes) is 3. The molecule has 2 nitrogen and oxygen atoms in total. The van der Waals surface area contributed by atoms with Gasteiger partial charge in [0.15, 0.2) is 0 Å². The first-order chi connectivity index (χ1) is 12.7. The van der Waals surface area contributed by atoms with Crippen LogP contribution >= 0.6 is 0 Å². The number of hydrogen-bond donors (Lipinski definition) is 0. The van der Waals surface area contributed by atoms with Gasteiger partial charge in [-0.3, -0.25) is 0 Å². The Morgan fingerprint density at radius 3 is 1.92 bits per heavy atom. The molecule has 146 valence electrons. The van der Waals surface area contributed by atoms with E-state index in [1.165, 1.54) is 66.6 Å². The first-order valence-electron chi connectivity index (χ1n) is 10.7. The predicted molar refractivity (Wildman–Crippen MR) is 115 cm³/mol. The summed E-state index contributed by atoms with van der Waals surface area (Å²) in [6.07, 6.45) is 7.77. The average molecular weight is 465 g/mol. The van der Waals surface area contributed by atoms with Crippen LogP contribution in [0.2, 0.25) is 13.3 Å². The molecule has 0 atom stereocenters. The maximum atomic E-state index is 5.85. The predicted octanol–water partition coefficient (Wildman–Crippen LogP) is 7.13. The first-order valence-corrected chi connectivity index (χ1v) is 18.2. The average Bonchev–Trinajstić information content (AvgIpc) is 3.22. The van der Waals surface area contributed by atoms with Gasteiger partial charge in [-0.2, -0.15) is 0 Å². The van der Waals surface area contributed by atoms with Crippen LogP contribution in [-0.2, 0) is 9.47 Å². The third-order valence-corrected chi connectivity index (χ3v) is 21.5. The molecule has 1 aromatic rings. The van der Waals surface area contributed by atoms with Gasteiger partial charge in [-0.05, 0) is 0 Å². The summed E-state index contributed by atoms with van der Waals surface area (Å²) in [6.45, 7) is 13.1. The van der Waals surface area contributed by atoms with Crippen LogP contribution < -0.4 is 0 Å². The zero-order valence-electron chi connectivity index (χ0n) is 17.2. The SMILES string of the molecule is C=[C](c1ccccc1C1OCCO1)[Sn]([CH2]CCC)([CH2]CCC)[CH2]CCC. The molecule has 0 spiro atoms. The molecule has 0 amide bonds. The molecule has 0 unspecified atom stereocenters. The second kappa shape index (κ2) is 11.5. The van der Waals surface area contributed by atoms with E-state index in [-0.39, 0.29) is 6.29 Å². The van der Waals surface area contributed by atoms with Gasteiger partial charge in [0, 0.05) is 0 Å². The first kappa shape index (κ1) is 22.0. The number of rotatable bonds is 12. The summed E-state index contributed by atoms with van der Waals surface area (Å²) >= 11 is -2.51. The van der Waals surface area contributed by atoms with Crippen molar-refractivity contribution in [3.05, 3.63) is 42.0 Å². The van der Waals surface area contributed by atoms with Gasteiger partial charge in [0.1, 0.15) is 0 Å². The molecule has 1 aliphatic rings. The van der Waals surface area contributed by atoms with E-state index in [1.54, 1.807) is 0 Å². The van der Waals surface area contributed by atoms with Crippen LogP contribution in [0.3, 0.4) is 0 Å². The summed E-state index contributed by atoms with van der Waals surface area (Å²) in [7, 11) is 0. The summed E-state index contributed by atoms with van der Waals surface area (Å²) < 4.78 is 17.6. The zero-order valence-corrected chi connectivity index (χ0v) is 20.0. The Kier molecular flexibility index (Phi) is 9.72. The second-order valence-electron chi connectivity index (χ2n) is 7.73. The molecular weight excluding hydrogens is 427 g/mol.